The minimum atomic E-state index is -0.634. The van der Waals surface area contributed by atoms with Crippen LogP contribution in [0.25, 0.3) is 0 Å². The maximum Gasteiger partial charge on any atom is 0.251 e. The van der Waals surface area contributed by atoms with Gasteiger partial charge in [-0.1, -0.05) is 19.3 Å². The van der Waals surface area contributed by atoms with Crippen molar-refractivity contribution in [2.75, 3.05) is 26.9 Å². The van der Waals surface area contributed by atoms with Crippen molar-refractivity contribution in [3.63, 3.8) is 0 Å². The molecular formula is C19H27N3O5. The van der Waals surface area contributed by atoms with E-state index >= 15 is 0 Å². The van der Waals surface area contributed by atoms with Crippen molar-refractivity contribution in [1.29, 1.82) is 0 Å². The van der Waals surface area contributed by atoms with Gasteiger partial charge in [0.2, 0.25) is 5.96 Å². The number of aliphatic hydroxyl groups is 2. The van der Waals surface area contributed by atoms with E-state index in [2.05, 4.69) is 10.3 Å². The molecule has 1 saturated heterocycles. The van der Waals surface area contributed by atoms with E-state index in [1.54, 1.807) is 12.0 Å². The summed E-state index contributed by atoms with van der Waals surface area (Å²) in [6.45, 7) is 0.989. The third kappa shape index (κ3) is 4.17. The highest BCUT2D eigenvalue weighted by atomic mass is 16.5. The van der Waals surface area contributed by atoms with Gasteiger partial charge >= 0.3 is 0 Å². The molecule has 0 spiro atoms. The number of guanidine groups is 1. The summed E-state index contributed by atoms with van der Waals surface area (Å²) >= 11 is 0. The van der Waals surface area contributed by atoms with Gasteiger partial charge in [0.1, 0.15) is 6.04 Å². The Morgan fingerprint density at radius 2 is 2.00 bits per heavy atom. The third-order valence-corrected chi connectivity index (χ3v) is 4.88. The van der Waals surface area contributed by atoms with Crippen LogP contribution >= 0.6 is 0 Å². The van der Waals surface area contributed by atoms with Crippen LogP contribution in [0.1, 0.15) is 37.7 Å². The molecule has 1 atom stereocenters. The number of unbranched alkanes of at least 4 members (excludes halogenated alkanes) is 4. The Labute approximate surface area is 158 Å². The molecule has 0 saturated carbocycles. The highest BCUT2D eigenvalue weighted by Gasteiger charge is 2.39. The van der Waals surface area contributed by atoms with Gasteiger partial charge in [-0.05, 0) is 25.0 Å². The number of nitrogens with one attached hydrogen (secondary N) is 1. The highest BCUT2D eigenvalue weighted by Crippen LogP contribution is 2.41. The summed E-state index contributed by atoms with van der Waals surface area (Å²) in [4.78, 5) is 18.2. The fourth-order valence-electron chi connectivity index (χ4n) is 3.41. The zero-order valence-electron chi connectivity index (χ0n) is 15.6. The maximum absolute atomic E-state index is 11.9. The van der Waals surface area contributed by atoms with Crippen LogP contribution in [0.4, 0.5) is 5.69 Å². The average Bonchev–Trinajstić information content (AvgIpc) is 2.99. The normalized spacial score (nSPS) is 17.9. The lowest BCUT2D eigenvalue weighted by atomic mass is 10.1. The number of nitrogens with zero attached hydrogens (tertiary/aromatic N) is 2. The summed E-state index contributed by atoms with van der Waals surface area (Å²) in [5.41, 5.74) is 1.57. The number of fused-ring (bicyclic) bond motifs is 2. The number of aliphatic imine (C=N–C) groups is 1. The van der Waals surface area contributed by atoms with E-state index < -0.39 is 6.04 Å². The second kappa shape index (κ2) is 9.05. The Morgan fingerprint density at radius 1 is 1.22 bits per heavy atom. The SMILES string of the molecule is COc1c(OCCCCCCCO)ccc2c1CN1C(=N2)NC(=O)C1CO. The second-order valence-electron chi connectivity index (χ2n) is 6.69. The minimum absolute atomic E-state index is 0.249. The third-order valence-electron chi connectivity index (χ3n) is 4.88. The average molecular weight is 377 g/mol. The first kappa shape index (κ1) is 19.4. The lowest BCUT2D eigenvalue weighted by Gasteiger charge is -2.28. The van der Waals surface area contributed by atoms with Gasteiger partial charge in [0.05, 0.1) is 32.6 Å². The van der Waals surface area contributed by atoms with Gasteiger partial charge in [-0.15, -0.1) is 0 Å². The second-order valence-corrected chi connectivity index (χ2v) is 6.69. The minimum Gasteiger partial charge on any atom is -0.492 e. The van der Waals surface area contributed by atoms with Crippen LogP contribution in [0.15, 0.2) is 17.1 Å². The summed E-state index contributed by atoms with van der Waals surface area (Å²) < 4.78 is 11.5. The lowest BCUT2D eigenvalue weighted by Crippen LogP contribution is -2.39. The molecule has 27 heavy (non-hydrogen) atoms. The zero-order valence-corrected chi connectivity index (χ0v) is 15.6. The molecule has 0 bridgehead atoms. The van der Waals surface area contributed by atoms with Gasteiger partial charge in [-0.2, -0.15) is 0 Å². The van der Waals surface area contributed by atoms with E-state index in [-0.39, 0.29) is 19.1 Å². The standard InChI is InChI=1S/C19H27N3O5/c1-26-17-13-11-22-15(12-24)18(25)21-19(22)20-14(13)7-8-16(17)27-10-6-4-2-3-5-9-23/h7-8,15,23-24H,2-6,9-12H2,1H3,(H,20,21,25). The van der Waals surface area contributed by atoms with Crippen molar-refractivity contribution in [2.45, 2.75) is 44.7 Å². The topological polar surface area (TPSA) is 104 Å². The van der Waals surface area contributed by atoms with Crippen molar-refractivity contribution in [3.8, 4) is 11.5 Å². The van der Waals surface area contributed by atoms with Gasteiger partial charge < -0.3 is 24.6 Å². The van der Waals surface area contributed by atoms with Crippen LogP contribution in [0.3, 0.4) is 0 Å². The van der Waals surface area contributed by atoms with Crippen molar-refractivity contribution >= 4 is 17.6 Å². The number of hydrogen-bond donors (Lipinski definition) is 3. The van der Waals surface area contributed by atoms with Gasteiger partial charge in [0.25, 0.3) is 5.91 Å². The predicted octanol–water partition coefficient (Wildman–Crippen LogP) is 1.31. The molecule has 148 valence electrons. The first-order valence-corrected chi connectivity index (χ1v) is 9.40. The van der Waals surface area contributed by atoms with Crippen LogP contribution in [-0.2, 0) is 11.3 Å². The molecule has 1 unspecified atom stereocenters. The molecule has 2 aliphatic rings. The van der Waals surface area contributed by atoms with E-state index in [1.807, 2.05) is 12.1 Å². The number of hydrogen-bond acceptors (Lipinski definition) is 7. The molecule has 2 aliphatic heterocycles. The molecule has 3 rings (SSSR count). The fraction of sp³-hybridized carbons (Fsp3) is 0.579. The first-order chi connectivity index (χ1) is 13.2. The summed E-state index contributed by atoms with van der Waals surface area (Å²) in [5, 5.41) is 21.0. The van der Waals surface area contributed by atoms with Crippen molar-refractivity contribution in [1.82, 2.24) is 10.2 Å². The summed E-state index contributed by atoms with van der Waals surface area (Å²) in [6.07, 6.45) is 4.96. The van der Waals surface area contributed by atoms with Crippen LogP contribution in [0.5, 0.6) is 11.5 Å². The summed E-state index contributed by atoms with van der Waals surface area (Å²) in [6, 6.07) is 3.06. The number of carbonyl (C=O) groups is 1. The largest absolute Gasteiger partial charge is 0.492 e. The van der Waals surface area contributed by atoms with Crippen molar-refractivity contribution in [2.24, 2.45) is 4.99 Å². The quantitative estimate of drug-likeness (QED) is 0.531. The molecule has 3 N–H and O–H groups in total. The molecule has 0 aliphatic carbocycles. The van der Waals surface area contributed by atoms with Crippen LogP contribution in [-0.4, -0.2) is 60.0 Å². The number of aliphatic hydroxyl groups excluding tert-OH is 2. The number of methoxy groups -OCH3 is 1. The first-order valence-electron chi connectivity index (χ1n) is 9.40. The molecule has 1 aromatic carbocycles. The van der Waals surface area contributed by atoms with Gasteiger partial charge in [0.15, 0.2) is 11.5 Å². The van der Waals surface area contributed by atoms with E-state index in [0.29, 0.717) is 30.6 Å². The number of amides is 1. The smallest absolute Gasteiger partial charge is 0.251 e. The maximum atomic E-state index is 11.9. The molecular weight excluding hydrogens is 350 g/mol. The Bertz CT molecular complexity index is 707. The molecule has 2 heterocycles. The number of benzene rings is 1. The number of carbonyl (C=O) groups excluding carboxylic acids is 1. The van der Waals surface area contributed by atoms with Crippen LogP contribution < -0.4 is 14.8 Å². The van der Waals surface area contributed by atoms with Crippen LogP contribution in [0.2, 0.25) is 0 Å². The van der Waals surface area contributed by atoms with Gasteiger partial charge in [-0.3, -0.25) is 10.1 Å². The summed E-state index contributed by atoms with van der Waals surface area (Å²) in [7, 11) is 1.59. The Balaban J connectivity index is 1.67. The fourth-order valence-corrected chi connectivity index (χ4v) is 3.41. The molecule has 1 aromatic rings. The van der Waals surface area contributed by atoms with E-state index in [9.17, 15) is 9.90 Å². The molecule has 0 aromatic heterocycles. The predicted molar refractivity (Wildman–Crippen MR) is 100 cm³/mol. The Morgan fingerprint density at radius 3 is 2.74 bits per heavy atom. The Kier molecular flexibility index (Phi) is 6.52. The highest BCUT2D eigenvalue weighted by molar-refractivity contribution is 6.08. The molecule has 0 radical (unpaired) electrons. The van der Waals surface area contributed by atoms with Crippen LogP contribution in [0, 0.1) is 0 Å². The summed E-state index contributed by atoms with van der Waals surface area (Å²) in [5.74, 6) is 1.49. The van der Waals surface area contributed by atoms with E-state index in [0.717, 1.165) is 43.4 Å². The Hall–Kier alpha value is -2.32. The van der Waals surface area contributed by atoms with Gasteiger partial charge in [-0.25, -0.2) is 4.99 Å². The monoisotopic (exact) mass is 377 g/mol. The molecule has 8 heteroatoms. The van der Waals surface area contributed by atoms with Crippen molar-refractivity contribution in [3.05, 3.63) is 17.7 Å². The van der Waals surface area contributed by atoms with E-state index in [1.165, 1.54) is 0 Å². The zero-order chi connectivity index (χ0) is 19.2. The number of ether oxygens (including phenoxy) is 2. The van der Waals surface area contributed by atoms with E-state index in [4.69, 9.17) is 14.6 Å². The molecule has 1 amide bonds. The van der Waals surface area contributed by atoms with Gasteiger partial charge in [0, 0.05) is 12.2 Å². The molecule has 1 fully saturated rings. The number of rotatable bonds is 10. The van der Waals surface area contributed by atoms with Crippen molar-refractivity contribution < 1.29 is 24.5 Å². The lowest BCUT2D eigenvalue weighted by molar-refractivity contribution is -0.122. The molecule has 8 nitrogen and oxygen atoms in total.